The number of ether oxygens (including phenoxy) is 2. The van der Waals surface area contributed by atoms with Crippen LogP contribution >= 0.6 is 0 Å². The molecular weight excluding hydrogens is 248 g/mol. The molecule has 2 aliphatic heterocycles. The third-order valence-corrected chi connectivity index (χ3v) is 4.29. The first-order chi connectivity index (χ1) is 9.92. The van der Waals surface area contributed by atoms with Crippen molar-refractivity contribution >= 4 is 0 Å². The highest BCUT2D eigenvalue weighted by Crippen LogP contribution is 2.41. The van der Waals surface area contributed by atoms with Crippen LogP contribution in [0.5, 0.6) is 11.5 Å². The highest BCUT2D eigenvalue weighted by Gasteiger charge is 2.26. The number of benzene rings is 2. The molecule has 0 N–H and O–H groups in total. The van der Waals surface area contributed by atoms with Crippen LogP contribution in [-0.2, 0) is 12.8 Å². The fourth-order valence-electron chi connectivity index (χ4n) is 3.25. The van der Waals surface area contributed by atoms with E-state index in [1.54, 1.807) is 0 Å². The molecule has 0 saturated carbocycles. The topological polar surface area (TPSA) is 18.5 Å². The lowest BCUT2D eigenvalue weighted by Crippen LogP contribution is -2.21. The lowest BCUT2D eigenvalue weighted by molar-refractivity contribution is 0.244. The Labute approximate surface area is 119 Å². The molecule has 0 unspecified atom stereocenters. The quantitative estimate of drug-likeness (QED) is 0.783. The summed E-state index contributed by atoms with van der Waals surface area (Å²) in [6.07, 6.45) is 3.23. The van der Waals surface area contributed by atoms with Gasteiger partial charge >= 0.3 is 0 Å². The van der Waals surface area contributed by atoms with Crippen molar-refractivity contribution in [2.45, 2.75) is 25.2 Å². The summed E-state index contributed by atoms with van der Waals surface area (Å²) in [6.45, 7) is 1.60. The van der Waals surface area contributed by atoms with Crippen molar-refractivity contribution in [2.75, 3.05) is 13.2 Å². The van der Waals surface area contributed by atoms with Crippen molar-refractivity contribution in [1.82, 2.24) is 0 Å². The van der Waals surface area contributed by atoms with Crippen molar-refractivity contribution in [1.29, 1.82) is 0 Å². The first-order valence-corrected chi connectivity index (χ1v) is 7.37. The van der Waals surface area contributed by atoms with Gasteiger partial charge in [-0.2, -0.15) is 0 Å². The molecule has 0 fully saturated rings. The Bertz CT molecular complexity index is 619. The molecule has 4 rings (SSSR count). The lowest BCUT2D eigenvalue weighted by atomic mass is 9.88. The first-order valence-electron chi connectivity index (χ1n) is 7.37. The maximum absolute atomic E-state index is 6.11. The maximum Gasteiger partial charge on any atom is 0.129 e. The van der Waals surface area contributed by atoms with Crippen LogP contribution in [0.3, 0.4) is 0 Å². The molecule has 1 atom stereocenters. The molecule has 2 heteroatoms. The van der Waals surface area contributed by atoms with Gasteiger partial charge in [-0.25, -0.2) is 0 Å². The largest absolute Gasteiger partial charge is 0.493 e. The maximum atomic E-state index is 6.11. The summed E-state index contributed by atoms with van der Waals surface area (Å²) in [5, 5.41) is 0. The molecule has 0 amide bonds. The van der Waals surface area contributed by atoms with Crippen molar-refractivity contribution in [3.63, 3.8) is 0 Å². The minimum atomic E-state index is 0.464. The summed E-state index contributed by atoms with van der Waals surface area (Å²) >= 11 is 0. The average molecular weight is 266 g/mol. The van der Waals surface area contributed by atoms with Gasteiger partial charge in [-0.3, -0.25) is 0 Å². The van der Waals surface area contributed by atoms with Gasteiger partial charge in [0.1, 0.15) is 11.5 Å². The number of hydrogen-bond donors (Lipinski definition) is 0. The van der Waals surface area contributed by atoms with E-state index in [0.29, 0.717) is 5.92 Å². The van der Waals surface area contributed by atoms with Crippen LogP contribution in [0.4, 0.5) is 0 Å². The van der Waals surface area contributed by atoms with Gasteiger partial charge in [0.2, 0.25) is 0 Å². The van der Waals surface area contributed by atoms with Gasteiger partial charge in [0, 0.05) is 11.5 Å². The monoisotopic (exact) mass is 266 g/mol. The van der Waals surface area contributed by atoms with E-state index in [1.807, 2.05) is 0 Å². The standard InChI is InChI=1S/C18H18O2/c1-2-5-13(6-3-1)15-11-14-8-9-17-16(7-4-10-19-17)18(14)20-12-15/h1-3,5-6,8-9,15H,4,7,10-12H2/t15-/m0/s1. The van der Waals surface area contributed by atoms with Crippen LogP contribution in [0.25, 0.3) is 0 Å². The minimum Gasteiger partial charge on any atom is -0.493 e. The Morgan fingerprint density at radius 2 is 1.85 bits per heavy atom. The number of hydrogen-bond acceptors (Lipinski definition) is 2. The third kappa shape index (κ3) is 1.96. The van der Waals surface area contributed by atoms with E-state index >= 15 is 0 Å². The molecule has 2 aromatic rings. The Balaban J connectivity index is 1.67. The molecule has 2 aromatic carbocycles. The highest BCUT2D eigenvalue weighted by molar-refractivity contribution is 5.52. The van der Waals surface area contributed by atoms with E-state index in [1.165, 1.54) is 16.7 Å². The predicted molar refractivity (Wildman–Crippen MR) is 78.6 cm³/mol. The summed E-state index contributed by atoms with van der Waals surface area (Å²) in [4.78, 5) is 0. The molecule has 20 heavy (non-hydrogen) atoms. The molecule has 0 radical (unpaired) electrons. The number of fused-ring (bicyclic) bond motifs is 3. The lowest BCUT2D eigenvalue weighted by Gasteiger charge is -2.29. The molecule has 0 bridgehead atoms. The van der Waals surface area contributed by atoms with E-state index in [0.717, 1.165) is 44.0 Å². The summed E-state index contributed by atoms with van der Waals surface area (Å²) in [5.74, 6) is 2.58. The first kappa shape index (κ1) is 11.8. The van der Waals surface area contributed by atoms with E-state index in [9.17, 15) is 0 Å². The van der Waals surface area contributed by atoms with Crippen LogP contribution in [0.1, 0.15) is 29.0 Å². The second-order valence-corrected chi connectivity index (χ2v) is 5.61. The Kier molecular flexibility index (Phi) is 2.87. The molecule has 0 spiro atoms. The van der Waals surface area contributed by atoms with Crippen LogP contribution in [0.2, 0.25) is 0 Å². The van der Waals surface area contributed by atoms with Gasteiger partial charge in [0.15, 0.2) is 0 Å². The average Bonchev–Trinajstić information content (AvgIpc) is 2.55. The highest BCUT2D eigenvalue weighted by atomic mass is 16.5. The van der Waals surface area contributed by atoms with Crippen molar-refractivity contribution in [3.05, 3.63) is 59.2 Å². The smallest absolute Gasteiger partial charge is 0.129 e. The zero-order valence-corrected chi connectivity index (χ0v) is 11.5. The predicted octanol–water partition coefficient (Wildman–Crippen LogP) is 3.73. The molecular formula is C18H18O2. The van der Waals surface area contributed by atoms with Gasteiger partial charge in [-0.05, 0) is 36.5 Å². The normalized spacial score (nSPS) is 20.3. The molecule has 2 nitrogen and oxygen atoms in total. The Hall–Kier alpha value is -1.96. The SMILES string of the molecule is c1ccc([C@@H]2COc3c(ccc4c3CCCO4)C2)cc1. The van der Waals surface area contributed by atoms with Gasteiger partial charge in [0.25, 0.3) is 0 Å². The summed E-state index contributed by atoms with van der Waals surface area (Å²) in [6, 6.07) is 15.0. The van der Waals surface area contributed by atoms with Crippen LogP contribution in [0.15, 0.2) is 42.5 Å². The van der Waals surface area contributed by atoms with Gasteiger partial charge < -0.3 is 9.47 Å². The van der Waals surface area contributed by atoms with Crippen molar-refractivity contribution in [3.8, 4) is 11.5 Å². The molecule has 2 heterocycles. The number of rotatable bonds is 1. The Morgan fingerprint density at radius 3 is 2.75 bits per heavy atom. The zero-order chi connectivity index (χ0) is 13.4. The van der Waals surface area contributed by atoms with E-state index in [-0.39, 0.29) is 0 Å². The summed E-state index contributed by atoms with van der Waals surface area (Å²) in [7, 11) is 0. The fourth-order valence-corrected chi connectivity index (χ4v) is 3.25. The molecule has 102 valence electrons. The fraction of sp³-hybridized carbons (Fsp3) is 0.333. The van der Waals surface area contributed by atoms with E-state index in [4.69, 9.17) is 9.47 Å². The van der Waals surface area contributed by atoms with Gasteiger partial charge in [-0.1, -0.05) is 36.4 Å². The third-order valence-electron chi connectivity index (χ3n) is 4.29. The van der Waals surface area contributed by atoms with Crippen LogP contribution in [-0.4, -0.2) is 13.2 Å². The van der Waals surface area contributed by atoms with E-state index < -0.39 is 0 Å². The second-order valence-electron chi connectivity index (χ2n) is 5.61. The van der Waals surface area contributed by atoms with Crippen LogP contribution in [0, 0.1) is 0 Å². The summed E-state index contributed by atoms with van der Waals surface area (Å²) in [5.41, 5.74) is 3.97. The minimum absolute atomic E-state index is 0.464. The van der Waals surface area contributed by atoms with E-state index in [2.05, 4.69) is 42.5 Å². The van der Waals surface area contributed by atoms with Crippen LogP contribution < -0.4 is 9.47 Å². The molecule has 0 aliphatic carbocycles. The second kappa shape index (κ2) is 4.86. The van der Waals surface area contributed by atoms with Gasteiger partial charge in [-0.15, -0.1) is 0 Å². The molecule has 2 aliphatic rings. The molecule has 0 saturated heterocycles. The van der Waals surface area contributed by atoms with Crippen molar-refractivity contribution < 1.29 is 9.47 Å². The summed E-state index contributed by atoms with van der Waals surface area (Å²) < 4.78 is 11.8. The van der Waals surface area contributed by atoms with Gasteiger partial charge in [0.05, 0.1) is 13.2 Å². The zero-order valence-electron chi connectivity index (χ0n) is 11.5. The molecule has 0 aromatic heterocycles. The Morgan fingerprint density at radius 1 is 0.950 bits per heavy atom. The van der Waals surface area contributed by atoms with Crippen molar-refractivity contribution in [2.24, 2.45) is 0 Å².